The SMILES string of the molecule is Cc1occc1C(=O)N(C)CC(=O)Nc1ccc(Cl)c(C(F)(F)F)c1. The van der Waals surface area contributed by atoms with Gasteiger partial charge in [0.15, 0.2) is 0 Å². The molecule has 1 N–H and O–H groups in total. The molecule has 9 heteroatoms. The highest BCUT2D eigenvalue weighted by Gasteiger charge is 2.33. The number of benzene rings is 1. The highest BCUT2D eigenvalue weighted by Crippen LogP contribution is 2.36. The van der Waals surface area contributed by atoms with Gasteiger partial charge >= 0.3 is 6.18 Å². The second-order valence-corrected chi connectivity index (χ2v) is 5.70. The number of amides is 2. The van der Waals surface area contributed by atoms with Gasteiger partial charge in [-0.2, -0.15) is 13.2 Å². The highest BCUT2D eigenvalue weighted by molar-refractivity contribution is 6.31. The fourth-order valence-corrected chi connectivity index (χ4v) is 2.35. The monoisotopic (exact) mass is 374 g/mol. The van der Waals surface area contributed by atoms with E-state index in [2.05, 4.69) is 5.32 Å². The third kappa shape index (κ3) is 4.54. The van der Waals surface area contributed by atoms with E-state index in [-0.39, 0.29) is 12.2 Å². The summed E-state index contributed by atoms with van der Waals surface area (Å²) in [6.45, 7) is 1.26. The number of furan rings is 1. The molecule has 5 nitrogen and oxygen atoms in total. The summed E-state index contributed by atoms with van der Waals surface area (Å²) < 4.78 is 43.5. The normalized spacial score (nSPS) is 11.3. The lowest BCUT2D eigenvalue weighted by Crippen LogP contribution is -2.35. The molecule has 0 spiro atoms. The number of carbonyl (C=O) groups is 2. The molecule has 0 aliphatic heterocycles. The van der Waals surface area contributed by atoms with Gasteiger partial charge < -0.3 is 14.6 Å². The van der Waals surface area contributed by atoms with Crippen molar-refractivity contribution in [2.24, 2.45) is 0 Å². The van der Waals surface area contributed by atoms with Crippen molar-refractivity contribution in [2.45, 2.75) is 13.1 Å². The van der Waals surface area contributed by atoms with Crippen LogP contribution in [0.2, 0.25) is 5.02 Å². The second-order valence-electron chi connectivity index (χ2n) is 5.29. The number of nitrogens with one attached hydrogen (secondary N) is 1. The fraction of sp³-hybridized carbons (Fsp3) is 0.250. The van der Waals surface area contributed by atoms with E-state index in [1.165, 1.54) is 25.4 Å². The van der Waals surface area contributed by atoms with Crippen LogP contribution in [0.25, 0.3) is 0 Å². The first-order valence-corrected chi connectivity index (χ1v) is 7.43. The first-order chi connectivity index (χ1) is 11.6. The van der Waals surface area contributed by atoms with Crippen LogP contribution in [0.15, 0.2) is 34.9 Å². The third-order valence-electron chi connectivity index (χ3n) is 3.37. The summed E-state index contributed by atoms with van der Waals surface area (Å²) in [5.41, 5.74) is -0.811. The van der Waals surface area contributed by atoms with Gasteiger partial charge in [0.2, 0.25) is 5.91 Å². The molecule has 0 aliphatic rings. The molecular weight excluding hydrogens is 361 g/mol. The Bertz CT molecular complexity index is 802. The van der Waals surface area contributed by atoms with Gasteiger partial charge in [-0.3, -0.25) is 9.59 Å². The number of hydrogen-bond donors (Lipinski definition) is 1. The molecule has 2 rings (SSSR count). The zero-order chi connectivity index (χ0) is 18.8. The molecule has 1 heterocycles. The Hall–Kier alpha value is -2.48. The Morgan fingerprint density at radius 3 is 2.52 bits per heavy atom. The average molecular weight is 375 g/mol. The molecule has 1 aromatic carbocycles. The quantitative estimate of drug-likeness (QED) is 0.880. The Kier molecular flexibility index (Phi) is 5.42. The summed E-state index contributed by atoms with van der Waals surface area (Å²) >= 11 is 5.52. The van der Waals surface area contributed by atoms with Crippen LogP contribution in [-0.4, -0.2) is 30.3 Å². The molecule has 0 atom stereocenters. The van der Waals surface area contributed by atoms with Crippen LogP contribution in [0.5, 0.6) is 0 Å². The van der Waals surface area contributed by atoms with Crippen LogP contribution in [0.4, 0.5) is 18.9 Å². The van der Waals surface area contributed by atoms with Gasteiger partial charge in [-0.1, -0.05) is 11.6 Å². The van der Waals surface area contributed by atoms with Crippen molar-refractivity contribution < 1.29 is 27.2 Å². The predicted octanol–water partition coefficient (Wildman–Crippen LogP) is 3.97. The maximum atomic E-state index is 12.8. The van der Waals surface area contributed by atoms with Crippen LogP contribution in [0.3, 0.4) is 0 Å². The largest absolute Gasteiger partial charge is 0.469 e. The highest BCUT2D eigenvalue weighted by atomic mass is 35.5. The van der Waals surface area contributed by atoms with Gasteiger partial charge in [-0.25, -0.2) is 0 Å². The summed E-state index contributed by atoms with van der Waals surface area (Å²) in [6.07, 6.45) is -3.29. The first kappa shape index (κ1) is 18.9. The second kappa shape index (κ2) is 7.18. The van der Waals surface area contributed by atoms with E-state index in [0.717, 1.165) is 17.0 Å². The number of nitrogens with zero attached hydrogens (tertiary/aromatic N) is 1. The van der Waals surface area contributed by atoms with Crippen LogP contribution in [0, 0.1) is 6.92 Å². The average Bonchev–Trinajstić information content (AvgIpc) is 2.93. The minimum atomic E-state index is -4.64. The molecule has 0 saturated carbocycles. The minimum absolute atomic E-state index is 0.0675. The van der Waals surface area contributed by atoms with Gasteiger partial charge in [-0.05, 0) is 31.2 Å². The number of aryl methyl sites for hydroxylation is 1. The summed E-state index contributed by atoms with van der Waals surface area (Å²) in [5.74, 6) is -0.675. The summed E-state index contributed by atoms with van der Waals surface area (Å²) in [7, 11) is 1.40. The zero-order valence-corrected chi connectivity index (χ0v) is 14.0. The minimum Gasteiger partial charge on any atom is -0.469 e. The van der Waals surface area contributed by atoms with Gasteiger partial charge in [0.05, 0.1) is 29.0 Å². The van der Waals surface area contributed by atoms with Crippen molar-refractivity contribution in [3.8, 4) is 0 Å². The molecule has 0 saturated heterocycles. The molecule has 2 aromatic rings. The number of carbonyl (C=O) groups excluding carboxylic acids is 2. The summed E-state index contributed by atoms with van der Waals surface area (Å²) in [5, 5.41) is 1.85. The Morgan fingerprint density at radius 2 is 1.96 bits per heavy atom. The summed E-state index contributed by atoms with van der Waals surface area (Å²) in [6, 6.07) is 4.50. The lowest BCUT2D eigenvalue weighted by molar-refractivity contribution is -0.137. The maximum Gasteiger partial charge on any atom is 0.417 e. The lowest BCUT2D eigenvalue weighted by atomic mass is 10.2. The van der Waals surface area contributed by atoms with Crippen LogP contribution >= 0.6 is 11.6 Å². The van der Waals surface area contributed by atoms with E-state index in [1.807, 2.05) is 0 Å². The Balaban J connectivity index is 2.05. The maximum absolute atomic E-state index is 12.8. The van der Waals surface area contributed by atoms with Gasteiger partial charge in [0, 0.05) is 12.7 Å². The topological polar surface area (TPSA) is 62.6 Å². The third-order valence-corrected chi connectivity index (χ3v) is 3.70. The molecule has 2 amide bonds. The number of rotatable bonds is 4. The van der Waals surface area contributed by atoms with Crippen molar-refractivity contribution in [2.75, 3.05) is 18.9 Å². The van der Waals surface area contributed by atoms with Gasteiger partial charge in [-0.15, -0.1) is 0 Å². The number of likely N-dealkylation sites (N-methyl/N-ethyl adjacent to an activating group) is 1. The molecule has 1 aromatic heterocycles. The Morgan fingerprint density at radius 1 is 1.28 bits per heavy atom. The van der Waals surface area contributed by atoms with Crippen molar-refractivity contribution in [1.29, 1.82) is 0 Å². The zero-order valence-electron chi connectivity index (χ0n) is 13.3. The molecular formula is C16H14ClF3N2O3. The van der Waals surface area contributed by atoms with E-state index in [1.54, 1.807) is 6.92 Å². The van der Waals surface area contributed by atoms with Crippen molar-refractivity contribution in [3.05, 3.63) is 52.4 Å². The van der Waals surface area contributed by atoms with Crippen LogP contribution in [0.1, 0.15) is 21.7 Å². The number of hydrogen-bond acceptors (Lipinski definition) is 3. The van der Waals surface area contributed by atoms with Crippen LogP contribution < -0.4 is 5.32 Å². The predicted molar refractivity (Wildman–Crippen MR) is 85.5 cm³/mol. The van der Waals surface area contributed by atoms with E-state index in [9.17, 15) is 22.8 Å². The van der Waals surface area contributed by atoms with Crippen LogP contribution in [-0.2, 0) is 11.0 Å². The number of anilines is 1. The van der Waals surface area contributed by atoms with Gasteiger partial charge in [0.1, 0.15) is 5.76 Å². The number of halogens is 4. The Labute approximate surface area is 146 Å². The molecule has 0 bridgehead atoms. The van der Waals surface area contributed by atoms with E-state index >= 15 is 0 Å². The van der Waals surface area contributed by atoms with Crippen molar-refractivity contribution in [1.82, 2.24) is 4.90 Å². The molecule has 25 heavy (non-hydrogen) atoms. The van der Waals surface area contributed by atoms with E-state index < -0.39 is 28.6 Å². The molecule has 0 fully saturated rings. The summed E-state index contributed by atoms with van der Waals surface area (Å²) in [4.78, 5) is 25.3. The lowest BCUT2D eigenvalue weighted by Gasteiger charge is -2.17. The smallest absolute Gasteiger partial charge is 0.417 e. The van der Waals surface area contributed by atoms with Gasteiger partial charge in [0.25, 0.3) is 5.91 Å². The molecule has 0 aliphatic carbocycles. The molecule has 134 valence electrons. The van der Waals surface area contributed by atoms with E-state index in [4.69, 9.17) is 16.0 Å². The van der Waals surface area contributed by atoms with Crippen molar-refractivity contribution >= 4 is 29.1 Å². The molecule has 0 unspecified atom stereocenters. The number of alkyl halides is 3. The fourth-order valence-electron chi connectivity index (χ4n) is 2.12. The first-order valence-electron chi connectivity index (χ1n) is 7.05. The van der Waals surface area contributed by atoms with E-state index in [0.29, 0.717) is 11.3 Å². The molecule has 0 radical (unpaired) electrons. The standard InChI is InChI=1S/C16H14ClF3N2O3/c1-9-11(5-6-25-9)15(24)22(2)8-14(23)21-10-3-4-13(17)12(7-10)16(18,19)20/h3-7H,8H2,1-2H3,(H,21,23). The van der Waals surface area contributed by atoms with Crippen molar-refractivity contribution in [3.63, 3.8) is 0 Å².